The molecule has 0 fully saturated rings. The van der Waals surface area contributed by atoms with E-state index in [0.29, 0.717) is 11.3 Å². The molecule has 1 heterocycles. The van der Waals surface area contributed by atoms with Gasteiger partial charge in [-0.25, -0.2) is 0 Å². The number of benzene rings is 1. The monoisotopic (exact) mass is 293 g/mol. The summed E-state index contributed by atoms with van der Waals surface area (Å²) in [5.74, 6) is 0.233. The topological polar surface area (TPSA) is 59.2 Å². The van der Waals surface area contributed by atoms with Gasteiger partial charge in [0.2, 0.25) is 0 Å². The molecule has 0 amide bonds. The molecule has 2 aromatic rings. The first-order chi connectivity index (χ1) is 9.28. The van der Waals surface area contributed by atoms with Crippen molar-refractivity contribution in [3.8, 4) is 5.75 Å². The van der Waals surface area contributed by atoms with E-state index in [2.05, 4.69) is 4.98 Å². The maximum Gasteiger partial charge on any atom is 0.313 e. The standard InChI is InChI=1S/C15H19NO3S/c1-15(2,3)14-13(9-10-16-14)19-20(17,18)11-12-7-5-4-6-8-12/h4-10,16H,11H2,1-3H3. The van der Waals surface area contributed by atoms with Crippen molar-refractivity contribution in [2.45, 2.75) is 31.9 Å². The molecule has 0 aliphatic carbocycles. The van der Waals surface area contributed by atoms with Crippen molar-refractivity contribution < 1.29 is 12.6 Å². The zero-order valence-electron chi connectivity index (χ0n) is 11.9. The lowest BCUT2D eigenvalue weighted by Gasteiger charge is -2.19. The van der Waals surface area contributed by atoms with Crippen LogP contribution in [0.2, 0.25) is 0 Å². The van der Waals surface area contributed by atoms with Crippen molar-refractivity contribution in [3.05, 3.63) is 53.9 Å². The molecule has 0 saturated heterocycles. The average molecular weight is 293 g/mol. The Hall–Kier alpha value is -1.75. The minimum absolute atomic E-state index is 0.136. The average Bonchev–Trinajstić information content (AvgIpc) is 2.76. The van der Waals surface area contributed by atoms with Crippen molar-refractivity contribution in [3.63, 3.8) is 0 Å². The second kappa shape index (κ2) is 5.32. The summed E-state index contributed by atoms with van der Waals surface area (Å²) in [5, 5.41) is 0. The fourth-order valence-electron chi connectivity index (χ4n) is 1.96. The van der Waals surface area contributed by atoms with E-state index in [-0.39, 0.29) is 11.2 Å². The van der Waals surface area contributed by atoms with Crippen molar-refractivity contribution in [2.75, 3.05) is 0 Å². The molecular formula is C15H19NO3S. The highest BCUT2D eigenvalue weighted by molar-refractivity contribution is 7.86. The minimum Gasteiger partial charge on any atom is -0.380 e. The zero-order chi connectivity index (χ0) is 14.8. The first kappa shape index (κ1) is 14.7. The van der Waals surface area contributed by atoms with Crippen molar-refractivity contribution in [1.82, 2.24) is 4.98 Å². The molecule has 0 saturated carbocycles. The summed E-state index contributed by atoms with van der Waals surface area (Å²) in [6.45, 7) is 5.99. The fraction of sp³-hybridized carbons (Fsp3) is 0.333. The van der Waals surface area contributed by atoms with E-state index >= 15 is 0 Å². The van der Waals surface area contributed by atoms with Crippen molar-refractivity contribution in [1.29, 1.82) is 0 Å². The van der Waals surface area contributed by atoms with Crippen LogP contribution in [0.5, 0.6) is 5.75 Å². The van der Waals surface area contributed by atoms with Crippen LogP contribution in [0.25, 0.3) is 0 Å². The number of H-pyrrole nitrogens is 1. The van der Waals surface area contributed by atoms with Gasteiger partial charge in [0.15, 0.2) is 5.75 Å². The van der Waals surface area contributed by atoms with E-state index in [1.54, 1.807) is 24.4 Å². The lowest BCUT2D eigenvalue weighted by Crippen LogP contribution is -2.17. The van der Waals surface area contributed by atoms with Crippen LogP contribution in [0.4, 0.5) is 0 Å². The summed E-state index contributed by atoms with van der Waals surface area (Å²) in [6.07, 6.45) is 1.69. The highest BCUT2D eigenvalue weighted by Gasteiger charge is 2.24. The van der Waals surface area contributed by atoms with Gasteiger partial charge in [-0.3, -0.25) is 0 Å². The summed E-state index contributed by atoms with van der Waals surface area (Å²) in [7, 11) is -3.66. The lowest BCUT2D eigenvalue weighted by molar-refractivity contribution is 0.467. The van der Waals surface area contributed by atoms with Crippen LogP contribution in [-0.4, -0.2) is 13.4 Å². The molecule has 0 bridgehead atoms. The molecule has 0 radical (unpaired) electrons. The molecule has 0 unspecified atom stereocenters. The van der Waals surface area contributed by atoms with Crippen LogP contribution in [0, 0.1) is 0 Å². The fourth-order valence-corrected chi connectivity index (χ4v) is 3.03. The maximum atomic E-state index is 12.1. The summed E-state index contributed by atoms with van der Waals surface area (Å²) >= 11 is 0. The third-order valence-electron chi connectivity index (χ3n) is 2.86. The molecule has 4 nitrogen and oxygen atoms in total. The first-order valence-corrected chi connectivity index (χ1v) is 8.00. The number of nitrogens with one attached hydrogen (secondary N) is 1. The van der Waals surface area contributed by atoms with Crippen LogP contribution in [0.15, 0.2) is 42.6 Å². The molecule has 1 aromatic heterocycles. The molecule has 1 N–H and O–H groups in total. The highest BCUT2D eigenvalue weighted by atomic mass is 32.2. The Morgan fingerprint density at radius 3 is 2.35 bits per heavy atom. The summed E-state index contributed by atoms with van der Waals surface area (Å²) in [6, 6.07) is 10.6. The van der Waals surface area contributed by atoms with Gasteiger partial charge in [0.25, 0.3) is 0 Å². The zero-order valence-corrected chi connectivity index (χ0v) is 12.7. The Labute approximate surface area is 119 Å². The molecule has 0 aliphatic rings. The van der Waals surface area contributed by atoms with Gasteiger partial charge in [-0.15, -0.1) is 0 Å². The Kier molecular flexibility index (Phi) is 3.90. The van der Waals surface area contributed by atoms with E-state index in [4.69, 9.17) is 4.18 Å². The predicted molar refractivity (Wildman–Crippen MR) is 79.2 cm³/mol. The van der Waals surface area contributed by atoms with Gasteiger partial charge in [-0.1, -0.05) is 51.1 Å². The van der Waals surface area contributed by atoms with E-state index in [0.717, 1.165) is 5.69 Å². The van der Waals surface area contributed by atoms with Gasteiger partial charge in [0, 0.05) is 11.6 Å². The number of aromatic nitrogens is 1. The quantitative estimate of drug-likeness (QED) is 0.880. The lowest BCUT2D eigenvalue weighted by atomic mass is 9.92. The highest BCUT2D eigenvalue weighted by Crippen LogP contribution is 2.31. The van der Waals surface area contributed by atoms with Gasteiger partial charge < -0.3 is 9.17 Å². The Balaban J connectivity index is 2.20. The van der Waals surface area contributed by atoms with E-state index in [9.17, 15) is 8.42 Å². The maximum absolute atomic E-state index is 12.1. The van der Waals surface area contributed by atoms with Crippen molar-refractivity contribution >= 4 is 10.1 Å². The second-order valence-corrected chi connectivity index (χ2v) is 7.31. The molecule has 0 spiro atoms. The third-order valence-corrected chi connectivity index (χ3v) is 3.98. The van der Waals surface area contributed by atoms with Gasteiger partial charge in [-0.05, 0) is 11.6 Å². The molecule has 108 valence electrons. The van der Waals surface area contributed by atoms with Crippen LogP contribution in [0.1, 0.15) is 32.0 Å². The van der Waals surface area contributed by atoms with Gasteiger partial charge in [0.05, 0.1) is 5.69 Å². The molecule has 2 rings (SSSR count). The summed E-state index contributed by atoms with van der Waals surface area (Å²) < 4.78 is 29.5. The number of aromatic amines is 1. The SMILES string of the molecule is CC(C)(C)c1[nH]ccc1OS(=O)(=O)Cc1ccccc1. The Bertz CT molecular complexity index is 667. The third kappa shape index (κ3) is 3.63. The van der Waals surface area contributed by atoms with E-state index in [1.807, 2.05) is 39.0 Å². The van der Waals surface area contributed by atoms with Crippen LogP contribution in [-0.2, 0) is 21.3 Å². The van der Waals surface area contributed by atoms with Crippen LogP contribution >= 0.6 is 0 Å². The minimum atomic E-state index is -3.66. The van der Waals surface area contributed by atoms with Gasteiger partial charge >= 0.3 is 10.1 Å². The normalized spacial score (nSPS) is 12.3. The summed E-state index contributed by atoms with van der Waals surface area (Å²) in [4.78, 5) is 3.04. The van der Waals surface area contributed by atoms with Crippen LogP contribution in [0.3, 0.4) is 0 Å². The van der Waals surface area contributed by atoms with Crippen molar-refractivity contribution in [2.24, 2.45) is 0 Å². The predicted octanol–water partition coefficient (Wildman–Crippen LogP) is 3.22. The van der Waals surface area contributed by atoms with Gasteiger partial charge in [-0.2, -0.15) is 8.42 Å². The Morgan fingerprint density at radius 2 is 1.75 bits per heavy atom. The molecule has 0 aliphatic heterocycles. The molecule has 20 heavy (non-hydrogen) atoms. The van der Waals surface area contributed by atoms with E-state index < -0.39 is 10.1 Å². The van der Waals surface area contributed by atoms with E-state index in [1.165, 1.54) is 0 Å². The first-order valence-electron chi connectivity index (χ1n) is 6.42. The van der Waals surface area contributed by atoms with Crippen LogP contribution < -0.4 is 4.18 Å². The largest absolute Gasteiger partial charge is 0.380 e. The number of rotatable bonds is 4. The Morgan fingerprint density at radius 1 is 1.10 bits per heavy atom. The second-order valence-electron chi connectivity index (χ2n) is 5.74. The molecule has 1 aromatic carbocycles. The smallest absolute Gasteiger partial charge is 0.313 e. The van der Waals surface area contributed by atoms with Gasteiger partial charge in [0.1, 0.15) is 5.75 Å². The molecule has 0 atom stereocenters. The molecular weight excluding hydrogens is 274 g/mol. The number of hydrogen-bond donors (Lipinski definition) is 1. The molecule has 5 heteroatoms. The number of hydrogen-bond acceptors (Lipinski definition) is 3. The summed E-state index contributed by atoms with van der Waals surface area (Å²) in [5.41, 5.74) is 1.27.